The van der Waals surface area contributed by atoms with Gasteiger partial charge in [0.15, 0.2) is 0 Å². The van der Waals surface area contributed by atoms with E-state index in [0.29, 0.717) is 11.6 Å². The summed E-state index contributed by atoms with van der Waals surface area (Å²) in [6.45, 7) is 2.93. The molecule has 2 fully saturated rings. The van der Waals surface area contributed by atoms with Gasteiger partial charge in [-0.2, -0.15) is 0 Å². The molecule has 0 spiro atoms. The first-order valence-corrected chi connectivity index (χ1v) is 7.99. The number of nitrogens with two attached hydrogens (primary N) is 1. The van der Waals surface area contributed by atoms with Crippen molar-refractivity contribution in [2.75, 3.05) is 11.4 Å². The van der Waals surface area contributed by atoms with Gasteiger partial charge in [-0.15, -0.1) is 0 Å². The Morgan fingerprint density at radius 2 is 1.95 bits per heavy atom. The smallest absolute Gasteiger partial charge is 0.130 e. The third-order valence-corrected chi connectivity index (χ3v) is 5.04. The van der Waals surface area contributed by atoms with Crippen LogP contribution in [-0.4, -0.2) is 12.6 Å². The molecule has 1 aromatic carbocycles. The second-order valence-electron chi connectivity index (χ2n) is 6.41. The molecule has 2 aliphatic rings. The molecular weight excluding hydrogens is 251 g/mol. The highest BCUT2D eigenvalue weighted by Gasteiger charge is 2.34. The van der Waals surface area contributed by atoms with Crippen molar-refractivity contribution >= 4 is 5.69 Å². The van der Waals surface area contributed by atoms with Crippen LogP contribution in [0.1, 0.15) is 57.1 Å². The number of nitrogens with zero attached hydrogens (tertiary/aromatic N) is 1. The van der Waals surface area contributed by atoms with Crippen molar-refractivity contribution in [1.82, 2.24) is 0 Å². The topological polar surface area (TPSA) is 29.3 Å². The molecule has 0 unspecified atom stereocenters. The van der Waals surface area contributed by atoms with E-state index in [1.807, 2.05) is 13.0 Å². The van der Waals surface area contributed by atoms with Crippen LogP contribution in [0.3, 0.4) is 0 Å². The molecule has 1 saturated carbocycles. The van der Waals surface area contributed by atoms with Crippen LogP contribution in [0, 0.1) is 11.7 Å². The Kier molecular flexibility index (Phi) is 3.97. The van der Waals surface area contributed by atoms with Crippen LogP contribution in [0.4, 0.5) is 10.1 Å². The van der Waals surface area contributed by atoms with E-state index in [1.165, 1.54) is 44.6 Å². The van der Waals surface area contributed by atoms with Crippen LogP contribution in [0.15, 0.2) is 18.2 Å². The highest BCUT2D eigenvalue weighted by molar-refractivity contribution is 5.56. The predicted octanol–water partition coefficient (Wildman–Crippen LogP) is 4.00. The third-order valence-electron chi connectivity index (χ3n) is 5.04. The minimum Gasteiger partial charge on any atom is -0.368 e. The first-order chi connectivity index (χ1) is 9.68. The summed E-state index contributed by atoms with van der Waals surface area (Å²) >= 11 is 0. The molecule has 110 valence electrons. The average Bonchev–Trinajstić information content (AvgIpc) is 2.46. The zero-order valence-electron chi connectivity index (χ0n) is 12.3. The molecule has 3 atom stereocenters. The van der Waals surface area contributed by atoms with Crippen molar-refractivity contribution < 1.29 is 4.39 Å². The molecule has 1 aromatic rings. The van der Waals surface area contributed by atoms with Gasteiger partial charge in [-0.25, -0.2) is 4.39 Å². The summed E-state index contributed by atoms with van der Waals surface area (Å²) in [6.07, 6.45) is 7.81. The Balaban J connectivity index is 1.97. The Morgan fingerprint density at radius 3 is 2.75 bits per heavy atom. The number of piperidine rings is 1. The number of hydrogen-bond acceptors (Lipinski definition) is 2. The van der Waals surface area contributed by atoms with Gasteiger partial charge in [0.2, 0.25) is 0 Å². The molecular formula is C17H25FN2. The van der Waals surface area contributed by atoms with Crippen LogP contribution in [-0.2, 0) is 0 Å². The number of halogens is 1. The molecule has 3 heteroatoms. The molecule has 1 aliphatic heterocycles. The fraction of sp³-hybridized carbons (Fsp3) is 0.647. The van der Waals surface area contributed by atoms with Crippen molar-refractivity contribution in [3.8, 4) is 0 Å². The van der Waals surface area contributed by atoms with Gasteiger partial charge in [0.1, 0.15) is 5.82 Å². The summed E-state index contributed by atoms with van der Waals surface area (Å²) in [5.41, 5.74) is 7.76. The summed E-state index contributed by atoms with van der Waals surface area (Å²) < 4.78 is 14.2. The van der Waals surface area contributed by atoms with Gasteiger partial charge >= 0.3 is 0 Å². The summed E-state index contributed by atoms with van der Waals surface area (Å²) in [6, 6.07) is 5.75. The number of rotatable bonds is 2. The van der Waals surface area contributed by atoms with E-state index in [4.69, 9.17) is 5.73 Å². The molecule has 2 N–H and O–H groups in total. The van der Waals surface area contributed by atoms with E-state index >= 15 is 0 Å². The Labute approximate surface area is 121 Å². The van der Waals surface area contributed by atoms with Gasteiger partial charge < -0.3 is 10.6 Å². The average molecular weight is 276 g/mol. The van der Waals surface area contributed by atoms with Crippen LogP contribution in [0.25, 0.3) is 0 Å². The lowest BCUT2D eigenvalue weighted by Gasteiger charge is -2.46. The predicted molar refractivity (Wildman–Crippen MR) is 81.3 cm³/mol. The fourth-order valence-corrected chi connectivity index (χ4v) is 4.15. The largest absolute Gasteiger partial charge is 0.368 e. The highest BCUT2D eigenvalue weighted by Crippen LogP contribution is 2.40. The normalized spacial score (nSPS) is 28.1. The number of hydrogen-bond donors (Lipinski definition) is 1. The van der Waals surface area contributed by atoms with Gasteiger partial charge in [0.25, 0.3) is 0 Å². The van der Waals surface area contributed by atoms with E-state index < -0.39 is 0 Å². The molecule has 20 heavy (non-hydrogen) atoms. The standard InChI is InChI=1S/C17H25FN2/c1-12(19)17-14(18)8-4-10-16(17)20-11-5-7-13-6-2-3-9-15(13)20/h4,8,10,12-13,15H,2-3,5-7,9,11,19H2,1H3/t12-,13-,15-/m1/s1. The maximum Gasteiger partial charge on any atom is 0.130 e. The maximum atomic E-state index is 14.2. The Hall–Kier alpha value is -1.09. The van der Waals surface area contributed by atoms with E-state index in [9.17, 15) is 4.39 Å². The quantitative estimate of drug-likeness (QED) is 0.884. The molecule has 1 aliphatic carbocycles. The third kappa shape index (κ3) is 2.44. The van der Waals surface area contributed by atoms with E-state index in [1.54, 1.807) is 0 Å². The van der Waals surface area contributed by atoms with E-state index in [2.05, 4.69) is 11.0 Å². The molecule has 1 heterocycles. The minimum absolute atomic E-state index is 0.157. The molecule has 0 bridgehead atoms. The van der Waals surface area contributed by atoms with Crippen molar-refractivity contribution in [2.45, 2.75) is 57.5 Å². The molecule has 0 radical (unpaired) electrons. The summed E-state index contributed by atoms with van der Waals surface area (Å²) in [4.78, 5) is 2.45. The number of fused-ring (bicyclic) bond motifs is 1. The van der Waals surface area contributed by atoms with Crippen molar-refractivity contribution in [3.63, 3.8) is 0 Å². The van der Waals surface area contributed by atoms with Gasteiger partial charge in [-0.3, -0.25) is 0 Å². The lowest BCUT2D eigenvalue weighted by atomic mass is 9.78. The summed E-state index contributed by atoms with van der Waals surface area (Å²) in [7, 11) is 0. The highest BCUT2D eigenvalue weighted by atomic mass is 19.1. The second-order valence-corrected chi connectivity index (χ2v) is 6.41. The van der Waals surface area contributed by atoms with Gasteiger partial charge in [-0.05, 0) is 50.7 Å². The number of benzene rings is 1. The van der Waals surface area contributed by atoms with Crippen LogP contribution < -0.4 is 10.6 Å². The van der Waals surface area contributed by atoms with Gasteiger partial charge in [-0.1, -0.05) is 18.9 Å². The molecule has 1 saturated heterocycles. The van der Waals surface area contributed by atoms with Gasteiger partial charge in [0.05, 0.1) is 0 Å². The molecule has 0 amide bonds. The lowest BCUT2D eigenvalue weighted by Crippen LogP contribution is -2.47. The zero-order valence-corrected chi connectivity index (χ0v) is 12.3. The Bertz CT molecular complexity index is 470. The first kappa shape index (κ1) is 13.9. The van der Waals surface area contributed by atoms with Crippen LogP contribution in [0.2, 0.25) is 0 Å². The van der Waals surface area contributed by atoms with Crippen molar-refractivity contribution in [1.29, 1.82) is 0 Å². The van der Waals surface area contributed by atoms with Crippen LogP contribution in [0.5, 0.6) is 0 Å². The molecule has 0 aromatic heterocycles. The van der Waals surface area contributed by atoms with E-state index in [0.717, 1.165) is 18.2 Å². The minimum atomic E-state index is -0.254. The fourth-order valence-electron chi connectivity index (χ4n) is 4.15. The zero-order chi connectivity index (χ0) is 14.1. The van der Waals surface area contributed by atoms with Crippen molar-refractivity contribution in [3.05, 3.63) is 29.6 Å². The molecule has 3 rings (SSSR count). The van der Waals surface area contributed by atoms with Gasteiger partial charge in [0, 0.05) is 29.9 Å². The van der Waals surface area contributed by atoms with E-state index in [-0.39, 0.29) is 11.9 Å². The number of anilines is 1. The SMILES string of the molecule is C[C@@H](N)c1c(F)cccc1N1CCC[C@H]2CCCC[C@H]21. The molecule has 2 nitrogen and oxygen atoms in total. The Morgan fingerprint density at radius 1 is 1.20 bits per heavy atom. The monoisotopic (exact) mass is 276 g/mol. The first-order valence-electron chi connectivity index (χ1n) is 7.99. The lowest BCUT2D eigenvalue weighted by molar-refractivity contribution is 0.243. The second kappa shape index (κ2) is 5.72. The summed E-state index contributed by atoms with van der Waals surface area (Å²) in [5, 5.41) is 0. The summed E-state index contributed by atoms with van der Waals surface area (Å²) in [5.74, 6) is 0.636. The van der Waals surface area contributed by atoms with Crippen LogP contribution >= 0.6 is 0 Å². The van der Waals surface area contributed by atoms with Crippen molar-refractivity contribution in [2.24, 2.45) is 11.7 Å². The maximum absolute atomic E-state index is 14.2.